The van der Waals surface area contributed by atoms with Gasteiger partial charge in [0, 0.05) is 16.7 Å². The molecule has 26 heavy (non-hydrogen) atoms. The minimum absolute atomic E-state index is 0.00343. The zero-order valence-corrected chi connectivity index (χ0v) is 17.2. The number of hydrogen-bond acceptors (Lipinski definition) is 2. The highest BCUT2D eigenvalue weighted by atomic mass is 16.1. The normalized spacial score (nSPS) is 11.8. The molecule has 0 N–H and O–H groups in total. The molecule has 0 aromatic heterocycles. The number of ketones is 2. The lowest BCUT2D eigenvalue weighted by molar-refractivity contribution is -0.113. The summed E-state index contributed by atoms with van der Waals surface area (Å²) in [6.07, 6.45) is 17.2. The van der Waals surface area contributed by atoms with Gasteiger partial charge in [0.2, 0.25) is 0 Å². The average Bonchev–Trinajstić information content (AvgIpc) is 2.66. The van der Waals surface area contributed by atoms with Gasteiger partial charge < -0.3 is 0 Å². The average molecular weight is 355 g/mol. The molecule has 0 fully saturated rings. The van der Waals surface area contributed by atoms with Gasteiger partial charge in [-0.15, -0.1) is 0 Å². The lowest BCUT2D eigenvalue weighted by Crippen LogP contribution is -2.02. The fourth-order valence-corrected chi connectivity index (χ4v) is 1.54. The molecule has 0 amide bonds. The molecule has 0 rings (SSSR count). The molecule has 0 aliphatic carbocycles. The Bertz CT molecular complexity index is 606. The van der Waals surface area contributed by atoms with E-state index in [0.29, 0.717) is 16.7 Å². The Morgan fingerprint density at radius 2 is 1.31 bits per heavy atom. The molecule has 2 heteroatoms. The molecule has 0 saturated carbocycles. The maximum Gasteiger partial charge on any atom is 0.192 e. The van der Waals surface area contributed by atoms with Crippen LogP contribution in [0.4, 0.5) is 0 Å². The van der Waals surface area contributed by atoms with Gasteiger partial charge in [-0.1, -0.05) is 94.3 Å². The maximum atomic E-state index is 11.9. The van der Waals surface area contributed by atoms with Gasteiger partial charge in [-0.3, -0.25) is 9.59 Å². The first-order valence-corrected chi connectivity index (χ1v) is 8.68. The standard InChI is InChI=1S/C14H18O.C8H10O.C2H6/c1-5-9-11-13(8-4)14(15)12(7-3)10-6-2;1-4-6-8(5-2)7(3)9;1-2/h5-11H,4H2,1-3H3;4-6H,1-2H2,3H3;1-2H3/b9-5-,10-6-,12-7+,13-11+;8-6+;. The van der Waals surface area contributed by atoms with Gasteiger partial charge in [0.25, 0.3) is 0 Å². The molecule has 0 unspecified atom stereocenters. The van der Waals surface area contributed by atoms with Crippen molar-refractivity contribution in [2.75, 3.05) is 0 Å². The molecule has 142 valence electrons. The number of carbonyl (C=O) groups is 2. The predicted molar refractivity (Wildman–Crippen MR) is 117 cm³/mol. The van der Waals surface area contributed by atoms with Gasteiger partial charge in [0.15, 0.2) is 11.6 Å². The third-order valence-electron chi connectivity index (χ3n) is 2.79. The van der Waals surface area contributed by atoms with Crippen molar-refractivity contribution in [3.05, 3.63) is 97.2 Å². The lowest BCUT2D eigenvalue weighted by Gasteiger charge is -2.00. The smallest absolute Gasteiger partial charge is 0.192 e. The summed E-state index contributed by atoms with van der Waals surface area (Å²) in [5.74, 6) is 0.0219. The number of carbonyl (C=O) groups excluding carboxylic acids is 2. The van der Waals surface area contributed by atoms with Gasteiger partial charge in [0.05, 0.1) is 0 Å². The molecular formula is C24H34O2. The van der Waals surface area contributed by atoms with Crippen LogP contribution < -0.4 is 0 Å². The molecular weight excluding hydrogens is 320 g/mol. The molecule has 0 atom stereocenters. The van der Waals surface area contributed by atoms with E-state index in [-0.39, 0.29) is 11.6 Å². The zero-order valence-electron chi connectivity index (χ0n) is 17.2. The van der Waals surface area contributed by atoms with Crippen LogP contribution in [0.5, 0.6) is 0 Å². The summed E-state index contributed by atoms with van der Waals surface area (Å²) >= 11 is 0. The monoisotopic (exact) mass is 354 g/mol. The fourth-order valence-electron chi connectivity index (χ4n) is 1.54. The lowest BCUT2D eigenvalue weighted by atomic mass is 10.0. The van der Waals surface area contributed by atoms with Crippen molar-refractivity contribution < 1.29 is 9.59 Å². The Kier molecular flexibility index (Phi) is 21.9. The molecule has 0 saturated heterocycles. The first-order valence-electron chi connectivity index (χ1n) is 8.68. The van der Waals surface area contributed by atoms with Crippen molar-refractivity contribution in [2.45, 2.75) is 41.5 Å². The van der Waals surface area contributed by atoms with E-state index in [2.05, 4.69) is 19.7 Å². The molecule has 0 spiro atoms. The van der Waals surface area contributed by atoms with E-state index in [0.717, 1.165) is 0 Å². The van der Waals surface area contributed by atoms with E-state index < -0.39 is 0 Å². The van der Waals surface area contributed by atoms with Crippen LogP contribution in [0.15, 0.2) is 97.2 Å². The Balaban J connectivity index is -0.000000411. The first-order chi connectivity index (χ1) is 12.4. The highest BCUT2D eigenvalue weighted by molar-refractivity contribution is 6.11. The van der Waals surface area contributed by atoms with Crippen LogP contribution in [0.2, 0.25) is 0 Å². The Labute approximate surface area is 160 Å². The van der Waals surface area contributed by atoms with Crippen molar-refractivity contribution in [3.63, 3.8) is 0 Å². The number of Topliss-reactive ketones (excluding diaryl/α,β-unsaturated/α-hetero) is 2. The second kappa shape index (κ2) is 20.3. The van der Waals surface area contributed by atoms with Crippen molar-refractivity contribution in [2.24, 2.45) is 0 Å². The summed E-state index contributed by atoms with van der Waals surface area (Å²) in [5.41, 5.74) is 1.90. The highest BCUT2D eigenvalue weighted by Crippen LogP contribution is 2.09. The Hall–Kier alpha value is -2.74. The zero-order chi connectivity index (χ0) is 21.0. The molecule has 0 aromatic rings. The van der Waals surface area contributed by atoms with Crippen LogP contribution in [0.1, 0.15) is 41.5 Å². The minimum Gasteiger partial charge on any atom is -0.295 e. The largest absolute Gasteiger partial charge is 0.295 e. The van der Waals surface area contributed by atoms with Crippen molar-refractivity contribution in [3.8, 4) is 0 Å². The molecule has 0 heterocycles. The third kappa shape index (κ3) is 13.7. The van der Waals surface area contributed by atoms with Crippen LogP contribution in [-0.4, -0.2) is 11.6 Å². The van der Waals surface area contributed by atoms with E-state index in [1.165, 1.54) is 13.0 Å². The number of rotatable bonds is 8. The van der Waals surface area contributed by atoms with E-state index in [1.54, 1.807) is 36.5 Å². The van der Waals surface area contributed by atoms with E-state index in [1.807, 2.05) is 52.8 Å². The summed E-state index contributed by atoms with van der Waals surface area (Å²) in [6.45, 7) is 21.7. The Morgan fingerprint density at radius 3 is 1.58 bits per heavy atom. The summed E-state index contributed by atoms with van der Waals surface area (Å²) in [7, 11) is 0. The second-order valence-electron chi connectivity index (χ2n) is 4.54. The summed E-state index contributed by atoms with van der Waals surface area (Å²) in [4.78, 5) is 22.5. The van der Waals surface area contributed by atoms with Crippen LogP contribution >= 0.6 is 0 Å². The van der Waals surface area contributed by atoms with Crippen LogP contribution in [0.3, 0.4) is 0 Å². The van der Waals surface area contributed by atoms with Crippen molar-refractivity contribution >= 4 is 11.6 Å². The molecule has 2 nitrogen and oxygen atoms in total. The van der Waals surface area contributed by atoms with E-state index >= 15 is 0 Å². The molecule has 0 aliphatic rings. The fraction of sp³-hybridized carbons (Fsp3) is 0.250. The van der Waals surface area contributed by atoms with E-state index in [4.69, 9.17) is 0 Å². The quantitative estimate of drug-likeness (QED) is 0.360. The maximum absolute atomic E-state index is 11.9. The van der Waals surface area contributed by atoms with Crippen molar-refractivity contribution in [1.29, 1.82) is 0 Å². The van der Waals surface area contributed by atoms with Crippen molar-refractivity contribution in [1.82, 2.24) is 0 Å². The SMILES string of the molecule is C=C/C(=C\C=C/C)C(=O)C(/C=C\C)=C/C.C=C/C=C(\C=C)C(C)=O.CC. The summed E-state index contributed by atoms with van der Waals surface area (Å²) in [6, 6.07) is 0. The topological polar surface area (TPSA) is 34.1 Å². The van der Waals surface area contributed by atoms with E-state index in [9.17, 15) is 9.59 Å². The Morgan fingerprint density at radius 1 is 0.769 bits per heavy atom. The molecule has 0 aliphatic heterocycles. The van der Waals surface area contributed by atoms with Crippen LogP contribution in [0.25, 0.3) is 0 Å². The number of hydrogen-bond donors (Lipinski definition) is 0. The number of allylic oxidation sites excluding steroid dienone is 13. The van der Waals surface area contributed by atoms with Gasteiger partial charge in [-0.25, -0.2) is 0 Å². The van der Waals surface area contributed by atoms with Gasteiger partial charge in [-0.05, 0) is 27.7 Å². The van der Waals surface area contributed by atoms with Gasteiger partial charge in [-0.2, -0.15) is 0 Å². The minimum atomic E-state index is 0.00343. The second-order valence-corrected chi connectivity index (χ2v) is 4.54. The third-order valence-corrected chi connectivity index (χ3v) is 2.79. The molecule has 0 aromatic carbocycles. The molecule has 0 bridgehead atoms. The summed E-state index contributed by atoms with van der Waals surface area (Å²) in [5, 5.41) is 0. The van der Waals surface area contributed by atoms with Gasteiger partial charge in [0.1, 0.15) is 0 Å². The summed E-state index contributed by atoms with van der Waals surface area (Å²) < 4.78 is 0. The first kappa shape index (κ1) is 28.1. The molecule has 0 radical (unpaired) electrons. The predicted octanol–water partition coefficient (Wildman–Crippen LogP) is 6.67. The highest BCUT2D eigenvalue weighted by Gasteiger charge is 2.07. The van der Waals surface area contributed by atoms with Crippen LogP contribution in [0, 0.1) is 0 Å². The van der Waals surface area contributed by atoms with Crippen LogP contribution in [-0.2, 0) is 9.59 Å². The van der Waals surface area contributed by atoms with Gasteiger partial charge >= 0.3 is 0 Å².